The van der Waals surface area contributed by atoms with Gasteiger partial charge in [0.15, 0.2) is 6.10 Å². The maximum Gasteiger partial charge on any atom is 0.261 e. The Morgan fingerprint density at radius 3 is 2.52 bits per heavy atom. The van der Waals surface area contributed by atoms with Gasteiger partial charge in [-0.15, -0.1) is 0 Å². The number of amides is 1. The van der Waals surface area contributed by atoms with Crippen LogP contribution in [0.15, 0.2) is 42.5 Å². The van der Waals surface area contributed by atoms with Gasteiger partial charge >= 0.3 is 0 Å². The first-order valence-corrected chi connectivity index (χ1v) is 10.5. The molecule has 1 amide bonds. The van der Waals surface area contributed by atoms with E-state index < -0.39 is 6.10 Å². The van der Waals surface area contributed by atoms with E-state index in [2.05, 4.69) is 34.5 Å². The van der Waals surface area contributed by atoms with Crippen LogP contribution in [0.4, 0.5) is 0 Å². The van der Waals surface area contributed by atoms with Crippen LogP contribution in [0.3, 0.4) is 0 Å². The number of hydrogen-bond donors (Lipinski definition) is 1. The van der Waals surface area contributed by atoms with Crippen LogP contribution >= 0.6 is 11.6 Å². The monoisotopic (exact) mass is 416 g/mol. The zero-order valence-corrected chi connectivity index (χ0v) is 17.9. The average molecular weight is 417 g/mol. The van der Waals surface area contributed by atoms with Crippen LogP contribution in [-0.2, 0) is 22.6 Å². The summed E-state index contributed by atoms with van der Waals surface area (Å²) in [5, 5.41) is 3.67. The standard InChI is InChI=1S/C23H29ClN2O3/c1-3-22(29-20-8-9-21(24)17(2)14-20)23(27)25-15-18-4-6-19(7-5-18)16-26-10-12-28-13-11-26/h4-9,14,22H,3,10-13,15-16H2,1-2H3,(H,25,27)/t22-/m1/s1. The summed E-state index contributed by atoms with van der Waals surface area (Å²) in [5.41, 5.74) is 3.27. The van der Waals surface area contributed by atoms with Crippen LogP contribution in [-0.4, -0.2) is 43.2 Å². The fraction of sp³-hybridized carbons (Fsp3) is 0.435. The summed E-state index contributed by atoms with van der Waals surface area (Å²) in [6, 6.07) is 13.8. The van der Waals surface area contributed by atoms with Gasteiger partial charge in [-0.05, 0) is 48.2 Å². The SMILES string of the molecule is CC[C@@H](Oc1ccc(Cl)c(C)c1)C(=O)NCc1ccc(CN2CCOCC2)cc1. The highest BCUT2D eigenvalue weighted by molar-refractivity contribution is 6.31. The molecule has 0 bridgehead atoms. The van der Waals surface area contributed by atoms with E-state index in [1.54, 1.807) is 12.1 Å². The molecule has 0 aromatic heterocycles. The van der Waals surface area contributed by atoms with E-state index in [9.17, 15) is 4.79 Å². The molecule has 1 fully saturated rings. The summed E-state index contributed by atoms with van der Waals surface area (Å²) in [7, 11) is 0. The van der Waals surface area contributed by atoms with E-state index in [0.29, 0.717) is 23.7 Å². The Balaban J connectivity index is 1.49. The van der Waals surface area contributed by atoms with E-state index >= 15 is 0 Å². The lowest BCUT2D eigenvalue weighted by molar-refractivity contribution is -0.128. The van der Waals surface area contributed by atoms with Gasteiger partial charge in [0.25, 0.3) is 5.91 Å². The molecular formula is C23H29ClN2O3. The van der Waals surface area contributed by atoms with Gasteiger partial charge in [-0.2, -0.15) is 0 Å². The number of carbonyl (C=O) groups excluding carboxylic acids is 1. The summed E-state index contributed by atoms with van der Waals surface area (Å²) in [4.78, 5) is 14.9. The van der Waals surface area contributed by atoms with Gasteiger partial charge in [0.2, 0.25) is 0 Å². The second-order valence-electron chi connectivity index (χ2n) is 7.35. The number of ether oxygens (including phenoxy) is 2. The van der Waals surface area contributed by atoms with E-state index in [4.69, 9.17) is 21.1 Å². The van der Waals surface area contributed by atoms with Gasteiger partial charge < -0.3 is 14.8 Å². The molecule has 3 rings (SSSR count). The summed E-state index contributed by atoms with van der Waals surface area (Å²) < 4.78 is 11.3. The first-order chi connectivity index (χ1) is 14.0. The van der Waals surface area contributed by atoms with Crippen LogP contribution < -0.4 is 10.1 Å². The number of hydrogen-bond acceptors (Lipinski definition) is 4. The van der Waals surface area contributed by atoms with Crippen molar-refractivity contribution >= 4 is 17.5 Å². The van der Waals surface area contributed by atoms with Crippen LogP contribution in [0.1, 0.15) is 30.0 Å². The minimum atomic E-state index is -0.531. The van der Waals surface area contributed by atoms with Gasteiger partial charge in [0.1, 0.15) is 5.75 Å². The Kier molecular flexibility index (Phi) is 7.92. The maximum absolute atomic E-state index is 12.6. The number of nitrogens with one attached hydrogen (secondary N) is 1. The molecule has 5 nitrogen and oxygen atoms in total. The normalized spacial score (nSPS) is 15.7. The summed E-state index contributed by atoms with van der Waals surface area (Å²) in [6.45, 7) is 8.83. The molecule has 1 atom stereocenters. The third kappa shape index (κ3) is 6.46. The Morgan fingerprint density at radius 1 is 1.17 bits per heavy atom. The fourth-order valence-electron chi connectivity index (χ4n) is 3.26. The largest absolute Gasteiger partial charge is 0.481 e. The van der Waals surface area contributed by atoms with Crippen molar-refractivity contribution < 1.29 is 14.3 Å². The number of rotatable bonds is 8. The summed E-state index contributed by atoms with van der Waals surface area (Å²) >= 11 is 6.05. The van der Waals surface area contributed by atoms with E-state index in [1.165, 1.54) is 5.56 Å². The van der Waals surface area contributed by atoms with Gasteiger partial charge in [-0.25, -0.2) is 0 Å². The Morgan fingerprint density at radius 2 is 1.86 bits per heavy atom. The summed E-state index contributed by atoms with van der Waals surface area (Å²) in [6.07, 6.45) is 0.0580. The fourth-order valence-corrected chi connectivity index (χ4v) is 3.38. The second kappa shape index (κ2) is 10.6. The lowest BCUT2D eigenvalue weighted by Crippen LogP contribution is -2.37. The third-order valence-corrected chi connectivity index (χ3v) is 5.49. The second-order valence-corrected chi connectivity index (χ2v) is 7.76. The highest BCUT2D eigenvalue weighted by atomic mass is 35.5. The molecule has 0 spiro atoms. The highest BCUT2D eigenvalue weighted by Gasteiger charge is 2.18. The van der Waals surface area contributed by atoms with E-state index in [-0.39, 0.29) is 5.91 Å². The number of benzene rings is 2. The molecule has 1 aliphatic rings. The molecule has 2 aromatic rings. The number of nitrogens with zero attached hydrogens (tertiary/aromatic N) is 1. The van der Waals surface area contributed by atoms with Crippen molar-refractivity contribution in [3.8, 4) is 5.75 Å². The molecule has 0 aliphatic carbocycles. The predicted octanol–water partition coefficient (Wildman–Crippen LogP) is 3.95. The Labute approximate surface area is 177 Å². The quantitative estimate of drug-likeness (QED) is 0.707. The van der Waals surface area contributed by atoms with Crippen molar-refractivity contribution in [2.24, 2.45) is 0 Å². The molecule has 29 heavy (non-hydrogen) atoms. The molecular weight excluding hydrogens is 388 g/mol. The molecule has 0 unspecified atom stereocenters. The van der Waals surface area contributed by atoms with E-state index in [0.717, 1.165) is 44.0 Å². The summed E-state index contributed by atoms with van der Waals surface area (Å²) in [5.74, 6) is 0.541. The molecule has 1 N–H and O–H groups in total. The van der Waals surface area contributed by atoms with Crippen molar-refractivity contribution in [1.29, 1.82) is 0 Å². The number of morpholine rings is 1. The smallest absolute Gasteiger partial charge is 0.261 e. The molecule has 1 aliphatic heterocycles. The van der Waals surface area contributed by atoms with Crippen molar-refractivity contribution in [3.05, 3.63) is 64.2 Å². The van der Waals surface area contributed by atoms with Crippen LogP contribution in [0.2, 0.25) is 5.02 Å². The number of aryl methyl sites for hydroxylation is 1. The first-order valence-electron chi connectivity index (χ1n) is 10.1. The minimum absolute atomic E-state index is 0.113. The van der Waals surface area contributed by atoms with Crippen LogP contribution in [0.5, 0.6) is 5.75 Å². The van der Waals surface area contributed by atoms with Crippen LogP contribution in [0.25, 0.3) is 0 Å². The Bertz CT molecular complexity index is 804. The Hall–Kier alpha value is -2.08. The number of carbonyl (C=O) groups is 1. The molecule has 6 heteroatoms. The van der Waals surface area contributed by atoms with Crippen molar-refractivity contribution in [2.75, 3.05) is 26.3 Å². The lowest BCUT2D eigenvalue weighted by Gasteiger charge is -2.26. The van der Waals surface area contributed by atoms with Gasteiger partial charge in [-0.1, -0.05) is 42.8 Å². The zero-order chi connectivity index (χ0) is 20.6. The first kappa shape index (κ1) is 21.6. The van der Waals surface area contributed by atoms with Gasteiger partial charge in [0.05, 0.1) is 13.2 Å². The lowest BCUT2D eigenvalue weighted by atomic mass is 10.1. The molecule has 156 valence electrons. The topological polar surface area (TPSA) is 50.8 Å². The predicted molar refractivity (Wildman–Crippen MR) is 115 cm³/mol. The minimum Gasteiger partial charge on any atom is -0.481 e. The van der Waals surface area contributed by atoms with Crippen molar-refractivity contribution in [1.82, 2.24) is 10.2 Å². The van der Waals surface area contributed by atoms with Gasteiger partial charge in [-0.3, -0.25) is 9.69 Å². The maximum atomic E-state index is 12.6. The van der Waals surface area contributed by atoms with E-state index in [1.807, 2.05) is 19.9 Å². The molecule has 2 aromatic carbocycles. The van der Waals surface area contributed by atoms with Crippen LogP contribution in [0, 0.1) is 6.92 Å². The molecule has 1 saturated heterocycles. The molecule has 0 radical (unpaired) electrons. The molecule has 0 saturated carbocycles. The molecule has 1 heterocycles. The van der Waals surface area contributed by atoms with Gasteiger partial charge in [0, 0.05) is 31.2 Å². The highest BCUT2D eigenvalue weighted by Crippen LogP contribution is 2.22. The third-order valence-electron chi connectivity index (χ3n) is 5.07. The average Bonchev–Trinajstić information content (AvgIpc) is 2.74. The van der Waals surface area contributed by atoms with Crippen molar-refractivity contribution in [3.63, 3.8) is 0 Å². The number of halogens is 1. The van der Waals surface area contributed by atoms with Crippen molar-refractivity contribution in [2.45, 2.75) is 39.5 Å². The zero-order valence-electron chi connectivity index (χ0n) is 17.1.